The van der Waals surface area contributed by atoms with E-state index in [0.717, 1.165) is 101 Å². The van der Waals surface area contributed by atoms with E-state index in [0.29, 0.717) is 5.84 Å². The van der Waals surface area contributed by atoms with Crippen LogP contribution < -0.4 is 0 Å². The van der Waals surface area contributed by atoms with Gasteiger partial charge in [0.25, 0.3) is 0 Å². The number of benzene rings is 13. The lowest BCUT2D eigenvalue weighted by atomic mass is 9.99. The predicted octanol–water partition coefficient (Wildman–Crippen LogP) is 20.2. The summed E-state index contributed by atoms with van der Waals surface area (Å²) in [6, 6.07) is 112. The largest absolute Gasteiger partial charge is 0.333 e. The lowest BCUT2D eigenvalue weighted by molar-refractivity contribution is 0.383. The molecule has 4 aromatic heterocycles. The fourth-order valence-corrected chi connectivity index (χ4v) is 14.3. The molecule has 0 bridgehead atoms. The Morgan fingerprint density at radius 1 is 0.247 bits per heavy atom. The molecule has 5 heterocycles. The molecule has 7 heteroatoms. The van der Waals surface area contributed by atoms with E-state index in [4.69, 9.17) is 9.98 Å². The van der Waals surface area contributed by atoms with Gasteiger partial charge in [0.1, 0.15) is 12.0 Å². The average Bonchev–Trinajstić information content (AvgIpc) is 1.88. The predicted molar refractivity (Wildman–Crippen MR) is 371 cm³/mol. The monoisotopic (exact) mass is 1140 g/mol. The number of fused-ring (bicyclic) bond motifs is 12. The van der Waals surface area contributed by atoms with Crippen LogP contribution in [-0.2, 0) is 0 Å². The van der Waals surface area contributed by atoms with Crippen LogP contribution in [0.1, 0.15) is 22.9 Å². The van der Waals surface area contributed by atoms with Gasteiger partial charge < -0.3 is 23.2 Å². The molecule has 0 saturated heterocycles. The minimum absolute atomic E-state index is 0.408. The summed E-state index contributed by atoms with van der Waals surface area (Å²) >= 11 is 0. The second-order valence-electron chi connectivity index (χ2n) is 23.4. The zero-order valence-corrected chi connectivity index (χ0v) is 48.7. The maximum atomic E-state index is 5.83. The van der Waals surface area contributed by atoms with Crippen molar-refractivity contribution in [2.24, 2.45) is 9.98 Å². The Labute approximate surface area is 513 Å². The Kier molecular flexibility index (Phi) is 11.4. The third-order valence-electron chi connectivity index (χ3n) is 18.3. The van der Waals surface area contributed by atoms with Gasteiger partial charge in [-0.15, -0.1) is 0 Å². The van der Waals surface area contributed by atoms with Crippen molar-refractivity contribution in [3.63, 3.8) is 0 Å². The number of hydrogen-bond acceptors (Lipinski definition) is 3. The van der Waals surface area contributed by atoms with E-state index in [1.165, 1.54) is 54.1 Å². The van der Waals surface area contributed by atoms with Crippen LogP contribution >= 0.6 is 0 Å². The molecule has 1 unspecified atom stereocenters. The summed E-state index contributed by atoms with van der Waals surface area (Å²) in [6.45, 7) is 0. The Hall–Kier alpha value is -11.8. The third-order valence-corrected chi connectivity index (χ3v) is 18.3. The second kappa shape index (κ2) is 20.2. The van der Waals surface area contributed by atoms with Gasteiger partial charge in [-0.05, 0) is 137 Å². The molecule has 0 saturated carbocycles. The summed E-state index contributed by atoms with van der Waals surface area (Å²) in [5.41, 5.74) is 20.8. The molecule has 17 aromatic rings. The van der Waals surface area contributed by atoms with Crippen LogP contribution in [0.3, 0.4) is 0 Å². The minimum atomic E-state index is -0.408. The Morgan fingerprint density at radius 2 is 0.573 bits per heavy atom. The minimum Gasteiger partial charge on any atom is -0.333 e. The molecule has 13 aromatic carbocycles. The molecule has 1 aliphatic rings. The molecule has 0 fully saturated rings. The van der Waals surface area contributed by atoms with Crippen molar-refractivity contribution in [1.29, 1.82) is 0 Å². The van der Waals surface area contributed by atoms with Gasteiger partial charge in [0.2, 0.25) is 0 Å². The van der Waals surface area contributed by atoms with Gasteiger partial charge in [-0.25, -0.2) is 9.98 Å². The van der Waals surface area contributed by atoms with Crippen LogP contribution in [0, 0.1) is 0 Å². The van der Waals surface area contributed by atoms with Crippen LogP contribution in [-0.4, -0.2) is 41.9 Å². The number of rotatable bonds is 9. The summed E-state index contributed by atoms with van der Waals surface area (Å²) in [5.74, 6) is 1.47. The summed E-state index contributed by atoms with van der Waals surface area (Å²) in [6.07, 6.45) is -0.408. The number of hydrogen-bond donors (Lipinski definition) is 0. The van der Waals surface area contributed by atoms with Gasteiger partial charge >= 0.3 is 0 Å². The van der Waals surface area contributed by atoms with E-state index in [9.17, 15) is 0 Å². The van der Waals surface area contributed by atoms with E-state index in [1.807, 2.05) is 0 Å². The van der Waals surface area contributed by atoms with Gasteiger partial charge in [-0.3, -0.25) is 0 Å². The van der Waals surface area contributed by atoms with Crippen molar-refractivity contribution in [2.45, 2.75) is 6.17 Å². The molecule has 1 aliphatic heterocycles. The van der Waals surface area contributed by atoms with Crippen LogP contribution in [0.25, 0.3) is 132 Å². The third kappa shape index (κ3) is 8.06. The SMILES string of the molecule is CN1C(c2cc(-c3ccccc3)cc(-n3c4ccccc4c4cc5c6ccccc6n(-c6ccccc6)c5cc43)c2)=NC(c2cc(-c3ccccc3)cc(-n3c4ccccc4c4cc5c6ccccc6n(-c6ccccc6)c5cc43)c2)=NC1c1ccccc1. The molecule has 418 valence electrons. The van der Waals surface area contributed by atoms with Crippen molar-refractivity contribution >= 4 is 98.9 Å². The summed E-state index contributed by atoms with van der Waals surface area (Å²) in [5, 5.41) is 9.66. The number of para-hydroxylation sites is 6. The molecule has 0 N–H and O–H groups in total. The van der Waals surface area contributed by atoms with Gasteiger partial charge in [-0.2, -0.15) is 0 Å². The number of nitrogens with zero attached hydrogens (tertiary/aromatic N) is 7. The maximum Gasteiger partial charge on any atom is 0.159 e. The molecule has 0 spiro atoms. The molecular formula is C82H55N7. The van der Waals surface area contributed by atoms with Crippen LogP contribution in [0.4, 0.5) is 0 Å². The molecular weight excluding hydrogens is 1080 g/mol. The molecule has 0 aliphatic carbocycles. The smallest absolute Gasteiger partial charge is 0.159 e. The summed E-state index contributed by atoms with van der Waals surface area (Å²) in [7, 11) is 2.14. The number of aromatic nitrogens is 4. The van der Waals surface area contributed by atoms with Gasteiger partial charge in [0, 0.05) is 84.0 Å². The van der Waals surface area contributed by atoms with Crippen LogP contribution in [0.5, 0.6) is 0 Å². The highest BCUT2D eigenvalue weighted by Crippen LogP contribution is 2.44. The molecule has 18 rings (SSSR count). The van der Waals surface area contributed by atoms with Crippen molar-refractivity contribution < 1.29 is 0 Å². The van der Waals surface area contributed by atoms with Crippen molar-refractivity contribution in [3.05, 3.63) is 326 Å². The Morgan fingerprint density at radius 3 is 0.989 bits per heavy atom. The van der Waals surface area contributed by atoms with Crippen molar-refractivity contribution in [2.75, 3.05) is 7.05 Å². The normalized spacial score (nSPS) is 13.7. The Bertz CT molecular complexity index is 5730. The Balaban J connectivity index is 0.881. The van der Waals surface area contributed by atoms with Crippen LogP contribution in [0.15, 0.2) is 319 Å². The van der Waals surface area contributed by atoms with Crippen LogP contribution in [0.2, 0.25) is 0 Å². The lowest BCUT2D eigenvalue weighted by Crippen LogP contribution is -2.35. The van der Waals surface area contributed by atoms with E-state index >= 15 is 0 Å². The molecule has 1 atom stereocenters. The quantitative estimate of drug-likeness (QED) is 0.142. The lowest BCUT2D eigenvalue weighted by Gasteiger charge is -2.33. The van der Waals surface area contributed by atoms with Gasteiger partial charge in [0.15, 0.2) is 5.84 Å². The van der Waals surface area contributed by atoms with E-state index in [2.05, 4.69) is 340 Å². The zero-order chi connectivity index (χ0) is 58.7. The average molecular weight is 1140 g/mol. The first kappa shape index (κ1) is 50.5. The molecule has 0 amide bonds. The first-order valence-electron chi connectivity index (χ1n) is 30.5. The topological polar surface area (TPSA) is 47.7 Å². The maximum absolute atomic E-state index is 5.83. The van der Waals surface area contributed by atoms with Crippen molar-refractivity contribution in [3.8, 4) is 45.0 Å². The highest BCUT2D eigenvalue weighted by molar-refractivity contribution is 6.21. The highest BCUT2D eigenvalue weighted by atomic mass is 15.3. The molecule has 89 heavy (non-hydrogen) atoms. The zero-order valence-electron chi connectivity index (χ0n) is 48.7. The number of aliphatic imine (C=N–C) groups is 2. The fraction of sp³-hybridized carbons (Fsp3) is 0.0244. The van der Waals surface area contributed by atoms with Gasteiger partial charge in [0.05, 0.1) is 44.1 Å². The summed E-state index contributed by atoms with van der Waals surface area (Å²) in [4.78, 5) is 13.8. The first-order valence-corrected chi connectivity index (χ1v) is 30.5. The fourth-order valence-electron chi connectivity index (χ4n) is 14.3. The number of amidine groups is 2. The summed E-state index contributed by atoms with van der Waals surface area (Å²) < 4.78 is 9.75. The standard InChI is InChI=1S/C82H55N7/c1-85-81(55-29-11-4-12-30-55)83-80(58-43-56(53-25-7-2-8-26-53)45-62(47-58)88-74-41-23-19-37-66(74)70-49-68-64-35-17-21-39-72(64)86(76(68)51-78(70)88)60-31-13-5-14-32-60)84-82(85)59-44-57(54-27-9-3-10-28-54)46-63(48-59)89-75-42-24-20-38-67(75)71-50-69-65-36-18-22-40-73(65)87(77(69)52-79(71)89)61-33-15-6-16-34-61/h2-52,81H,1H3. The first-order chi connectivity index (χ1) is 44.1. The molecule has 7 nitrogen and oxygen atoms in total. The van der Waals surface area contributed by atoms with E-state index < -0.39 is 6.17 Å². The van der Waals surface area contributed by atoms with E-state index in [1.54, 1.807) is 0 Å². The van der Waals surface area contributed by atoms with Gasteiger partial charge in [-0.1, -0.05) is 200 Å². The second-order valence-corrected chi connectivity index (χ2v) is 23.4. The van der Waals surface area contributed by atoms with E-state index in [-0.39, 0.29) is 0 Å². The van der Waals surface area contributed by atoms with Crippen molar-refractivity contribution in [1.82, 2.24) is 23.2 Å². The highest BCUT2D eigenvalue weighted by Gasteiger charge is 2.30. The molecule has 0 radical (unpaired) electrons.